The highest BCUT2D eigenvalue weighted by atomic mass is 32.2. The zero-order valence-corrected chi connectivity index (χ0v) is 11.4. The van der Waals surface area contributed by atoms with Crippen molar-refractivity contribution >= 4 is 21.7 Å². The van der Waals surface area contributed by atoms with E-state index in [1.54, 1.807) is 0 Å². The molecule has 0 bridgehead atoms. The topological polar surface area (TPSA) is 102 Å². The highest BCUT2D eigenvalue weighted by Crippen LogP contribution is 2.12. The molecule has 2 heterocycles. The highest BCUT2D eigenvalue weighted by Gasteiger charge is 2.29. The minimum atomic E-state index is -3.01. The second-order valence-electron chi connectivity index (χ2n) is 4.89. The van der Waals surface area contributed by atoms with Crippen LogP contribution < -0.4 is 10.6 Å². The van der Waals surface area contributed by atoms with Gasteiger partial charge in [0.25, 0.3) is 0 Å². The molecule has 2 saturated heterocycles. The van der Waals surface area contributed by atoms with E-state index >= 15 is 0 Å². The fraction of sp³-hybridized carbons (Fsp3) is 0.818. The Kier molecular flexibility index (Phi) is 4.41. The van der Waals surface area contributed by atoms with E-state index in [0.29, 0.717) is 19.4 Å². The summed E-state index contributed by atoms with van der Waals surface area (Å²) in [5, 5.41) is 5.10. The van der Waals surface area contributed by atoms with Gasteiger partial charge in [-0.3, -0.25) is 9.59 Å². The molecular formula is C11H18N2O5S. The van der Waals surface area contributed by atoms with Crippen molar-refractivity contribution in [1.29, 1.82) is 0 Å². The molecule has 0 aromatic carbocycles. The van der Waals surface area contributed by atoms with Crippen molar-refractivity contribution in [2.24, 2.45) is 0 Å². The van der Waals surface area contributed by atoms with Gasteiger partial charge in [0.1, 0.15) is 6.10 Å². The Morgan fingerprint density at radius 3 is 2.63 bits per heavy atom. The van der Waals surface area contributed by atoms with Gasteiger partial charge < -0.3 is 15.4 Å². The van der Waals surface area contributed by atoms with Crippen molar-refractivity contribution < 1.29 is 22.7 Å². The first-order valence-corrected chi connectivity index (χ1v) is 8.17. The molecule has 19 heavy (non-hydrogen) atoms. The summed E-state index contributed by atoms with van der Waals surface area (Å²) in [7, 11) is -3.01. The number of hydrogen-bond acceptors (Lipinski definition) is 5. The Bertz CT molecular complexity index is 456. The van der Waals surface area contributed by atoms with E-state index in [1.807, 2.05) is 0 Å². The number of nitrogens with one attached hydrogen (secondary N) is 2. The molecule has 8 heteroatoms. The molecule has 2 aliphatic rings. The average Bonchev–Trinajstić information content (AvgIpc) is 2.96. The van der Waals surface area contributed by atoms with Crippen molar-refractivity contribution in [2.45, 2.75) is 31.4 Å². The van der Waals surface area contributed by atoms with E-state index in [9.17, 15) is 18.0 Å². The van der Waals surface area contributed by atoms with Crippen LogP contribution in [0.15, 0.2) is 0 Å². The fourth-order valence-corrected chi connectivity index (χ4v) is 3.93. The molecule has 0 spiro atoms. The second-order valence-corrected chi connectivity index (χ2v) is 7.12. The maximum atomic E-state index is 11.6. The van der Waals surface area contributed by atoms with E-state index in [0.717, 1.165) is 6.42 Å². The number of carbonyl (C=O) groups is 2. The quantitative estimate of drug-likeness (QED) is 0.662. The molecule has 2 N–H and O–H groups in total. The van der Waals surface area contributed by atoms with Gasteiger partial charge in [-0.1, -0.05) is 0 Å². The van der Waals surface area contributed by atoms with Crippen molar-refractivity contribution in [3.8, 4) is 0 Å². The number of hydrogen-bond donors (Lipinski definition) is 2. The fourth-order valence-electron chi connectivity index (χ4n) is 2.25. The zero-order valence-electron chi connectivity index (χ0n) is 10.6. The first-order chi connectivity index (χ1) is 8.96. The molecule has 0 aromatic heterocycles. The molecule has 0 radical (unpaired) electrons. The van der Waals surface area contributed by atoms with Gasteiger partial charge in [-0.25, -0.2) is 8.42 Å². The number of rotatable bonds is 4. The van der Waals surface area contributed by atoms with E-state index < -0.39 is 15.9 Å². The highest BCUT2D eigenvalue weighted by molar-refractivity contribution is 7.91. The van der Waals surface area contributed by atoms with Gasteiger partial charge >= 0.3 is 0 Å². The monoisotopic (exact) mass is 290 g/mol. The Balaban J connectivity index is 1.68. The third-order valence-corrected chi connectivity index (χ3v) is 5.01. The molecular weight excluding hydrogens is 272 g/mol. The first-order valence-electron chi connectivity index (χ1n) is 6.35. The summed E-state index contributed by atoms with van der Waals surface area (Å²) < 4.78 is 27.6. The van der Waals surface area contributed by atoms with Crippen LogP contribution in [0.25, 0.3) is 0 Å². The van der Waals surface area contributed by atoms with Crippen LogP contribution in [0.5, 0.6) is 0 Å². The molecule has 2 aliphatic heterocycles. The molecule has 0 saturated carbocycles. The van der Waals surface area contributed by atoms with Crippen LogP contribution in [0.2, 0.25) is 0 Å². The van der Waals surface area contributed by atoms with Crippen LogP contribution in [0.4, 0.5) is 0 Å². The maximum absolute atomic E-state index is 11.6. The Labute approximate surface area is 112 Å². The molecule has 7 nitrogen and oxygen atoms in total. The lowest BCUT2D eigenvalue weighted by Crippen LogP contribution is -2.44. The third-order valence-electron chi connectivity index (χ3n) is 3.24. The van der Waals surface area contributed by atoms with Gasteiger partial charge in [-0.05, 0) is 19.3 Å². The van der Waals surface area contributed by atoms with Crippen LogP contribution in [0, 0.1) is 0 Å². The lowest BCUT2D eigenvalue weighted by molar-refractivity contribution is -0.132. The van der Waals surface area contributed by atoms with Crippen molar-refractivity contribution in [2.75, 3.05) is 24.7 Å². The predicted molar refractivity (Wildman–Crippen MR) is 67.2 cm³/mol. The lowest BCUT2D eigenvalue weighted by Gasteiger charge is -2.13. The van der Waals surface area contributed by atoms with Crippen LogP contribution in [0.3, 0.4) is 0 Å². The zero-order chi connectivity index (χ0) is 13.9. The predicted octanol–water partition coefficient (Wildman–Crippen LogP) is -1.42. The van der Waals surface area contributed by atoms with Crippen molar-refractivity contribution in [1.82, 2.24) is 10.6 Å². The van der Waals surface area contributed by atoms with Gasteiger partial charge in [0, 0.05) is 12.6 Å². The van der Waals surface area contributed by atoms with Crippen LogP contribution in [-0.2, 0) is 24.2 Å². The number of ether oxygens (including phenoxy) is 1. The molecule has 2 rings (SSSR count). The van der Waals surface area contributed by atoms with Gasteiger partial charge in [-0.2, -0.15) is 0 Å². The van der Waals surface area contributed by atoms with E-state index in [1.165, 1.54) is 0 Å². The summed E-state index contributed by atoms with van der Waals surface area (Å²) in [6.07, 6.45) is 1.51. The number of carbonyl (C=O) groups excluding carboxylic acids is 2. The van der Waals surface area contributed by atoms with Crippen molar-refractivity contribution in [3.05, 3.63) is 0 Å². The Morgan fingerprint density at radius 1 is 1.26 bits per heavy atom. The molecule has 0 aromatic rings. The third kappa shape index (κ3) is 4.17. The van der Waals surface area contributed by atoms with E-state index in [-0.39, 0.29) is 35.9 Å². The SMILES string of the molecule is O=C(CNC(=O)C1CCCO1)NC1CCS(=O)(=O)C1. The van der Waals surface area contributed by atoms with Gasteiger partial charge in [0.05, 0.1) is 18.1 Å². The largest absolute Gasteiger partial charge is 0.368 e. The van der Waals surface area contributed by atoms with Crippen LogP contribution in [-0.4, -0.2) is 57.0 Å². The molecule has 2 amide bonds. The summed E-state index contributed by atoms with van der Waals surface area (Å²) in [6.45, 7) is 0.430. The number of amides is 2. The lowest BCUT2D eigenvalue weighted by atomic mass is 10.2. The normalized spacial score (nSPS) is 29.1. The summed E-state index contributed by atoms with van der Waals surface area (Å²) in [6, 6.07) is -0.336. The minimum Gasteiger partial charge on any atom is -0.368 e. The summed E-state index contributed by atoms with van der Waals surface area (Å²) in [5.74, 6) is -0.557. The molecule has 0 aliphatic carbocycles. The molecule has 108 valence electrons. The molecule has 2 atom stereocenters. The molecule has 2 fully saturated rings. The standard InChI is InChI=1S/C11H18N2O5S/c14-10(13-8-3-5-19(16,17)7-8)6-12-11(15)9-2-1-4-18-9/h8-9H,1-7H2,(H,12,15)(H,13,14). The van der Waals surface area contributed by atoms with Crippen molar-refractivity contribution in [3.63, 3.8) is 0 Å². The van der Waals surface area contributed by atoms with Gasteiger partial charge in [0.2, 0.25) is 11.8 Å². The van der Waals surface area contributed by atoms with Gasteiger partial charge in [0.15, 0.2) is 9.84 Å². The van der Waals surface area contributed by atoms with Crippen LogP contribution >= 0.6 is 0 Å². The average molecular weight is 290 g/mol. The Morgan fingerprint density at radius 2 is 2.05 bits per heavy atom. The second kappa shape index (κ2) is 5.87. The maximum Gasteiger partial charge on any atom is 0.249 e. The Hall–Kier alpha value is -1.15. The smallest absolute Gasteiger partial charge is 0.249 e. The summed E-state index contributed by atoms with van der Waals surface area (Å²) in [5.41, 5.74) is 0. The summed E-state index contributed by atoms with van der Waals surface area (Å²) >= 11 is 0. The number of sulfone groups is 1. The minimum absolute atomic E-state index is 0.0155. The summed E-state index contributed by atoms with van der Waals surface area (Å²) in [4.78, 5) is 23.1. The van der Waals surface area contributed by atoms with Crippen LogP contribution in [0.1, 0.15) is 19.3 Å². The van der Waals surface area contributed by atoms with E-state index in [2.05, 4.69) is 10.6 Å². The van der Waals surface area contributed by atoms with Gasteiger partial charge in [-0.15, -0.1) is 0 Å². The van der Waals surface area contributed by atoms with E-state index in [4.69, 9.17) is 4.74 Å². The molecule has 2 unspecified atom stereocenters. The first kappa shape index (κ1) is 14.3.